The van der Waals surface area contributed by atoms with E-state index >= 15 is 0 Å². The SMILES string of the molecule is Cc1cc(/C=C/CCN2CCCC3(CCCCC3)C2)ccc1Cc1c(O[C@@H]2O[C@H](CO)[C@@H](O)[C@H](O)[C@H]2O)n[nH]c1C(C)C. The second kappa shape index (κ2) is 14.2. The average Bonchev–Trinajstić information content (AvgIpc) is 3.39. The van der Waals surface area contributed by atoms with Crippen LogP contribution in [0.5, 0.6) is 5.88 Å². The van der Waals surface area contributed by atoms with Crippen molar-refractivity contribution in [2.45, 2.75) is 115 Å². The van der Waals surface area contributed by atoms with Crippen molar-refractivity contribution in [2.24, 2.45) is 5.41 Å². The van der Waals surface area contributed by atoms with Crippen LogP contribution in [0.3, 0.4) is 0 Å². The normalized spacial score (nSPS) is 28.2. The lowest BCUT2D eigenvalue weighted by molar-refractivity contribution is -0.278. The van der Waals surface area contributed by atoms with Crippen LogP contribution < -0.4 is 4.74 Å². The van der Waals surface area contributed by atoms with Gasteiger partial charge in [-0.3, -0.25) is 5.10 Å². The maximum atomic E-state index is 10.5. The topological polar surface area (TPSA) is 131 Å². The van der Waals surface area contributed by atoms with Crippen LogP contribution >= 0.6 is 0 Å². The molecule has 43 heavy (non-hydrogen) atoms. The van der Waals surface area contributed by atoms with Gasteiger partial charge in [-0.25, -0.2) is 0 Å². The van der Waals surface area contributed by atoms with E-state index in [9.17, 15) is 20.4 Å². The Labute approximate surface area is 255 Å². The fourth-order valence-electron chi connectivity index (χ4n) is 7.28. The number of nitrogens with zero attached hydrogens (tertiary/aromatic N) is 2. The lowest BCUT2D eigenvalue weighted by Gasteiger charge is -2.45. The number of H-pyrrole nitrogens is 1. The van der Waals surface area contributed by atoms with Crippen LogP contribution in [0.4, 0.5) is 0 Å². The van der Waals surface area contributed by atoms with Crippen LogP contribution in [0.15, 0.2) is 24.3 Å². The van der Waals surface area contributed by atoms with Gasteiger partial charge in [-0.05, 0) is 73.6 Å². The summed E-state index contributed by atoms with van der Waals surface area (Å²) in [4.78, 5) is 2.69. The molecule has 9 nitrogen and oxygen atoms in total. The Morgan fingerprint density at radius 2 is 1.86 bits per heavy atom. The average molecular weight is 598 g/mol. The predicted octanol–water partition coefficient (Wildman–Crippen LogP) is 4.06. The molecule has 3 fully saturated rings. The van der Waals surface area contributed by atoms with Crippen molar-refractivity contribution in [1.29, 1.82) is 0 Å². The number of aromatic amines is 1. The lowest BCUT2D eigenvalue weighted by Crippen LogP contribution is -2.60. The van der Waals surface area contributed by atoms with Gasteiger partial charge in [0.05, 0.1) is 6.61 Å². The third-order valence-corrected chi connectivity index (χ3v) is 9.83. The smallest absolute Gasteiger partial charge is 0.238 e. The first-order chi connectivity index (χ1) is 20.7. The zero-order chi connectivity index (χ0) is 30.6. The Balaban J connectivity index is 1.22. The van der Waals surface area contributed by atoms with Crippen molar-refractivity contribution in [3.63, 3.8) is 0 Å². The van der Waals surface area contributed by atoms with E-state index in [4.69, 9.17) is 9.47 Å². The van der Waals surface area contributed by atoms with E-state index in [0.29, 0.717) is 11.8 Å². The van der Waals surface area contributed by atoms with E-state index in [-0.39, 0.29) is 11.8 Å². The highest BCUT2D eigenvalue weighted by Gasteiger charge is 2.45. The molecular formula is C34H51N3O6. The van der Waals surface area contributed by atoms with E-state index in [1.807, 2.05) is 0 Å². The second-order valence-corrected chi connectivity index (χ2v) is 13.4. The zero-order valence-electron chi connectivity index (χ0n) is 26.0. The van der Waals surface area contributed by atoms with Gasteiger partial charge < -0.3 is 34.8 Å². The number of hydrogen-bond acceptors (Lipinski definition) is 8. The molecule has 2 saturated heterocycles. The summed E-state index contributed by atoms with van der Waals surface area (Å²) in [6.45, 7) is 9.36. The number of likely N-dealkylation sites (tertiary alicyclic amines) is 1. The first kappa shape index (κ1) is 32.1. The number of aliphatic hydroxyl groups is 4. The molecule has 3 aliphatic rings. The van der Waals surface area contributed by atoms with Gasteiger partial charge in [-0.2, -0.15) is 0 Å². The van der Waals surface area contributed by atoms with Crippen LogP contribution in [-0.4, -0.2) is 92.5 Å². The van der Waals surface area contributed by atoms with Crippen molar-refractivity contribution in [2.75, 3.05) is 26.2 Å². The van der Waals surface area contributed by atoms with Crippen molar-refractivity contribution < 1.29 is 29.9 Å². The fraction of sp³-hybridized carbons (Fsp3) is 0.676. The Morgan fingerprint density at radius 3 is 2.58 bits per heavy atom. The van der Waals surface area contributed by atoms with Crippen molar-refractivity contribution in [1.82, 2.24) is 15.1 Å². The Morgan fingerprint density at radius 1 is 1.09 bits per heavy atom. The zero-order valence-corrected chi connectivity index (χ0v) is 26.0. The van der Waals surface area contributed by atoms with Gasteiger partial charge in [0.15, 0.2) is 0 Å². The van der Waals surface area contributed by atoms with Crippen molar-refractivity contribution in [3.05, 3.63) is 52.2 Å². The Kier molecular flexibility index (Phi) is 10.6. The summed E-state index contributed by atoms with van der Waals surface area (Å²) in [7, 11) is 0. The highest BCUT2D eigenvalue weighted by Crippen LogP contribution is 2.43. The summed E-state index contributed by atoms with van der Waals surface area (Å²) in [5.74, 6) is 0.411. The van der Waals surface area contributed by atoms with Gasteiger partial charge in [-0.15, -0.1) is 5.10 Å². The largest absolute Gasteiger partial charge is 0.443 e. The molecule has 1 spiro atoms. The molecule has 5 atom stereocenters. The van der Waals surface area contributed by atoms with Crippen LogP contribution in [0.2, 0.25) is 0 Å². The number of piperidine rings is 1. The van der Waals surface area contributed by atoms with Crippen LogP contribution in [0.25, 0.3) is 6.08 Å². The highest BCUT2D eigenvalue weighted by molar-refractivity contribution is 5.52. The molecule has 5 rings (SSSR count). The summed E-state index contributed by atoms with van der Waals surface area (Å²) >= 11 is 0. The Hall–Kier alpha value is -2.27. The maximum absolute atomic E-state index is 10.5. The number of benzene rings is 1. The number of hydrogen-bond donors (Lipinski definition) is 5. The van der Waals surface area contributed by atoms with Crippen LogP contribution in [0, 0.1) is 12.3 Å². The number of ether oxygens (including phenoxy) is 2. The molecule has 1 saturated carbocycles. The molecule has 0 amide bonds. The minimum absolute atomic E-state index is 0.144. The standard InChI is InChI=1S/C34H51N3O6/c1-22(2)28-26(32(36-35-28)43-33-31(41)30(40)29(39)27(20-38)42-33)19-25-12-11-24(18-23(25)3)10-5-8-16-37-17-9-15-34(21-37)13-6-4-7-14-34/h5,10-12,18,22,27,29-31,33,38-41H,4,6-9,13-17,19-21H2,1-3H3,(H,35,36)/b10-5+/t27-,29-,30+,31-,33+/m1/s1. The summed E-state index contributed by atoms with van der Waals surface area (Å²) < 4.78 is 11.5. The van der Waals surface area contributed by atoms with Gasteiger partial charge >= 0.3 is 0 Å². The van der Waals surface area contributed by atoms with E-state index in [2.05, 4.69) is 66.2 Å². The molecule has 238 valence electrons. The molecule has 9 heteroatoms. The van der Waals surface area contributed by atoms with Gasteiger partial charge in [0.1, 0.15) is 24.4 Å². The summed E-state index contributed by atoms with van der Waals surface area (Å²) in [5, 5.41) is 47.8. The molecule has 5 N–H and O–H groups in total. The molecule has 1 aromatic carbocycles. The molecule has 0 bridgehead atoms. The van der Waals surface area contributed by atoms with Crippen molar-refractivity contribution >= 4 is 6.08 Å². The van der Waals surface area contributed by atoms with Gasteiger partial charge in [0.25, 0.3) is 0 Å². The van der Waals surface area contributed by atoms with Gasteiger partial charge in [-0.1, -0.05) is 63.5 Å². The molecule has 1 aliphatic carbocycles. The summed E-state index contributed by atoms with van der Waals surface area (Å²) in [5.41, 5.74) is 5.82. The highest BCUT2D eigenvalue weighted by atomic mass is 16.7. The van der Waals surface area contributed by atoms with E-state index in [1.165, 1.54) is 63.6 Å². The van der Waals surface area contributed by atoms with Crippen LogP contribution in [0.1, 0.15) is 99.1 Å². The predicted molar refractivity (Wildman–Crippen MR) is 166 cm³/mol. The number of aromatic nitrogens is 2. The quantitative estimate of drug-likeness (QED) is 0.277. The maximum Gasteiger partial charge on any atom is 0.238 e. The minimum Gasteiger partial charge on any atom is -0.443 e. The number of aryl methyl sites for hydroxylation is 1. The fourth-order valence-corrected chi connectivity index (χ4v) is 7.28. The number of aliphatic hydroxyl groups excluding tert-OH is 4. The first-order valence-electron chi connectivity index (χ1n) is 16.2. The van der Waals surface area contributed by atoms with Gasteiger partial charge in [0, 0.05) is 30.8 Å². The Bertz CT molecular complexity index is 1220. The van der Waals surface area contributed by atoms with E-state index in [1.54, 1.807) is 0 Å². The lowest BCUT2D eigenvalue weighted by atomic mass is 9.69. The molecule has 2 aromatic rings. The molecule has 2 aliphatic heterocycles. The molecule has 1 aromatic heterocycles. The number of rotatable bonds is 10. The first-order valence-corrected chi connectivity index (χ1v) is 16.2. The molecule has 0 radical (unpaired) electrons. The summed E-state index contributed by atoms with van der Waals surface area (Å²) in [6.07, 6.45) is 9.19. The van der Waals surface area contributed by atoms with Crippen LogP contribution in [-0.2, 0) is 11.2 Å². The monoisotopic (exact) mass is 597 g/mol. The molecule has 3 heterocycles. The van der Waals surface area contributed by atoms with Crippen molar-refractivity contribution in [3.8, 4) is 5.88 Å². The van der Waals surface area contributed by atoms with E-state index < -0.39 is 37.3 Å². The second-order valence-electron chi connectivity index (χ2n) is 13.4. The van der Waals surface area contributed by atoms with E-state index in [0.717, 1.165) is 35.3 Å². The molecular weight excluding hydrogens is 546 g/mol. The minimum atomic E-state index is -1.51. The summed E-state index contributed by atoms with van der Waals surface area (Å²) in [6, 6.07) is 6.49. The van der Waals surface area contributed by atoms with Gasteiger partial charge in [0.2, 0.25) is 12.2 Å². The third kappa shape index (κ3) is 7.52. The molecule has 0 unspecified atom stereocenters. The number of nitrogens with one attached hydrogen (secondary N) is 1. The third-order valence-electron chi connectivity index (χ3n) is 9.83.